The molecule has 3 rings (SSSR count). The summed E-state index contributed by atoms with van der Waals surface area (Å²) in [5, 5.41) is 12.9. The molecule has 0 spiro atoms. The van der Waals surface area contributed by atoms with Crippen LogP contribution in [0.15, 0.2) is 24.3 Å². The molecular weight excluding hydrogens is 356 g/mol. The predicted molar refractivity (Wildman–Crippen MR) is 110 cm³/mol. The molecule has 1 aromatic carbocycles. The van der Waals surface area contributed by atoms with Gasteiger partial charge in [0.05, 0.1) is 12.1 Å². The van der Waals surface area contributed by atoms with Gasteiger partial charge >= 0.3 is 0 Å². The van der Waals surface area contributed by atoms with Crippen molar-refractivity contribution < 1.29 is 4.79 Å². The van der Waals surface area contributed by atoms with Crippen molar-refractivity contribution in [3.05, 3.63) is 51.4 Å². The number of aryl methyl sites for hydroxylation is 2. The lowest BCUT2D eigenvalue weighted by molar-refractivity contribution is -0.117. The van der Waals surface area contributed by atoms with Gasteiger partial charge in [0.2, 0.25) is 5.91 Å². The first-order valence-electron chi connectivity index (χ1n) is 9.27. The number of piperazine rings is 1. The Hall–Kier alpha value is -2.20. The Labute approximate surface area is 165 Å². The van der Waals surface area contributed by atoms with Gasteiger partial charge in [0.1, 0.15) is 11.1 Å². The third kappa shape index (κ3) is 4.75. The molecule has 6 heteroatoms. The summed E-state index contributed by atoms with van der Waals surface area (Å²) in [5.74, 6) is -0.0416. The van der Waals surface area contributed by atoms with E-state index in [2.05, 4.69) is 52.4 Å². The Morgan fingerprint density at radius 3 is 2.48 bits per heavy atom. The number of nitrogens with zero attached hydrogens (tertiary/aromatic N) is 3. The third-order valence-electron chi connectivity index (χ3n) is 5.24. The van der Waals surface area contributed by atoms with Crippen LogP contribution in [-0.2, 0) is 11.3 Å². The second-order valence-electron chi connectivity index (χ2n) is 7.13. The Bertz CT molecular complexity index is 860. The Kier molecular flexibility index (Phi) is 6.27. The van der Waals surface area contributed by atoms with E-state index >= 15 is 0 Å². The van der Waals surface area contributed by atoms with E-state index in [1.807, 2.05) is 13.8 Å². The molecule has 2 heterocycles. The first kappa shape index (κ1) is 19.6. The van der Waals surface area contributed by atoms with E-state index in [0.29, 0.717) is 17.1 Å². The normalized spacial score (nSPS) is 15.5. The molecule has 2 aromatic rings. The van der Waals surface area contributed by atoms with Crippen molar-refractivity contribution in [3.8, 4) is 6.07 Å². The minimum atomic E-state index is -0.0416. The molecular formula is C21H26N4OS. The highest BCUT2D eigenvalue weighted by Gasteiger charge is 2.21. The van der Waals surface area contributed by atoms with Crippen LogP contribution in [-0.4, -0.2) is 48.4 Å². The molecule has 1 aliphatic rings. The summed E-state index contributed by atoms with van der Waals surface area (Å²) >= 11 is 1.48. The fraction of sp³-hybridized carbons (Fsp3) is 0.429. The van der Waals surface area contributed by atoms with E-state index in [4.69, 9.17) is 0 Å². The topological polar surface area (TPSA) is 59.4 Å². The summed E-state index contributed by atoms with van der Waals surface area (Å²) in [5.41, 5.74) is 4.25. The van der Waals surface area contributed by atoms with E-state index in [1.54, 1.807) is 0 Å². The van der Waals surface area contributed by atoms with Crippen molar-refractivity contribution in [1.29, 1.82) is 5.26 Å². The fourth-order valence-electron chi connectivity index (χ4n) is 3.35. The maximum absolute atomic E-state index is 12.4. The number of carbonyl (C=O) groups excluding carboxylic acids is 1. The average Bonchev–Trinajstić information content (AvgIpc) is 2.91. The molecule has 0 aliphatic carbocycles. The third-order valence-corrected chi connectivity index (χ3v) is 6.36. The van der Waals surface area contributed by atoms with Gasteiger partial charge < -0.3 is 5.32 Å². The number of amides is 1. The first-order chi connectivity index (χ1) is 13.0. The summed E-state index contributed by atoms with van der Waals surface area (Å²) in [7, 11) is 0. The van der Waals surface area contributed by atoms with Gasteiger partial charge in [0.25, 0.3) is 0 Å². The molecule has 1 amide bonds. The zero-order valence-electron chi connectivity index (χ0n) is 16.2. The van der Waals surface area contributed by atoms with Crippen LogP contribution >= 0.6 is 11.3 Å². The molecule has 1 saturated heterocycles. The summed E-state index contributed by atoms with van der Waals surface area (Å²) in [6.07, 6.45) is 0. The van der Waals surface area contributed by atoms with E-state index in [-0.39, 0.29) is 5.91 Å². The van der Waals surface area contributed by atoms with E-state index < -0.39 is 0 Å². The van der Waals surface area contributed by atoms with Gasteiger partial charge in [-0.05, 0) is 37.5 Å². The van der Waals surface area contributed by atoms with Crippen molar-refractivity contribution in [2.24, 2.45) is 0 Å². The van der Waals surface area contributed by atoms with E-state index in [9.17, 15) is 10.1 Å². The van der Waals surface area contributed by atoms with Crippen molar-refractivity contribution in [2.75, 3.05) is 38.0 Å². The minimum Gasteiger partial charge on any atom is -0.315 e. The van der Waals surface area contributed by atoms with Gasteiger partial charge in [-0.1, -0.05) is 24.3 Å². The number of rotatable bonds is 5. The largest absolute Gasteiger partial charge is 0.315 e. The monoisotopic (exact) mass is 382 g/mol. The lowest BCUT2D eigenvalue weighted by Gasteiger charge is -2.34. The Morgan fingerprint density at radius 2 is 1.81 bits per heavy atom. The Morgan fingerprint density at radius 1 is 1.15 bits per heavy atom. The van der Waals surface area contributed by atoms with Crippen LogP contribution in [0.2, 0.25) is 0 Å². The SMILES string of the molecule is Cc1ccccc1CN1CCN(CC(=O)Nc2sc(C)c(C)c2C#N)CC1. The van der Waals surface area contributed by atoms with Crippen LogP contribution < -0.4 is 5.32 Å². The molecule has 5 nitrogen and oxygen atoms in total. The van der Waals surface area contributed by atoms with Crippen molar-refractivity contribution in [1.82, 2.24) is 9.80 Å². The molecule has 1 fully saturated rings. The van der Waals surface area contributed by atoms with Crippen LogP contribution in [0.25, 0.3) is 0 Å². The van der Waals surface area contributed by atoms with Crippen LogP contribution in [0.4, 0.5) is 5.00 Å². The summed E-state index contributed by atoms with van der Waals surface area (Å²) in [6.45, 7) is 11.1. The smallest absolute Gasteiger partial charge is 0.239 e. The molecule has 27 heavy (non-hydrogen) atoms. The van der Waals surface area contributed by atoms with Gasteiger partial charge in [0, 0.05) is 37.6 Å². The van der Waals surface area contributed by atoms with E-state index in [1.165, 1.54) is 22.5 Å². The fourth-order valence-corrected chi connectivity index (χ4v) is 4.38. The molecule has 0 unspecified atom stereocenters. The zero-order chi connectivity index (χ0) is 19.4. The zero-order valence-corrected chi connectivity index (χ0v) is 17.0. The first-order valence-corrected chi connectivity index (χ1v) is 10.1. The predicted octanol–water partition coefficient (Wildman–Crippen LogP) is 3.30. The number of hydrogen-bond acceptors (Lipinski definition) is 5. The van der Waals surface area contributed by atoms with Gasteiger partial charge in [-0.2, -0.15) is 5.26 Å². The molecule has 0 saturated carbocycles. The standard InChI is InChI=1S/C21H26N4OS/c1-15-6-4-5-7-18(15)13-24-8-10-25(11-9-24)14-20(26)23-21-19(12-22)16(2)17(3)27-21/h4-7H,8-11,13-14H2,1-3H3,(H,23,26). The number of nitriles is 1. The highest BCUT2D eigenvalue weighted by molar-refractivity contribution is 7.16. The van der Waals surface area contributed by atoms with Gasteiger partial charge in [-0.15, -0.1) is 11.3 Å². The molecule has 0 radical (unpaired) electrons. The van der Waals surface area contributed by atoms with Crippen LogP contribution in [0.1, 0.15) is 27.1 Å². The Balaban J connectivity index is 1.49. The lowest BCUT2D eigenvalue weighted by atomic mass is 10.1. The molecule has 1 N–H and O–H groups in total. The number of thiophene rings is 1. The van der Waals surface area contributed by atoms with Crippen LogP contribution in [0.5, 0.6) is 0 Å². The highest BCUT2D eigenvalue weighted by Crippen LogP contribution is 2.31. The van der Waals surface area contributed by atoms with Gasteiger partial charge in [-0.25, -0.2) is 0 Å². The lowest BCUT2D eigenvalue weighted by Crippen LogP contribution is -2.48. The maximum atomic E-state index is 12.4. The van der Waals surface area contributed by atoms with Crippen LogP contribution in [0.3, 0.4) is 0 Å². The summed E-state index contributed by atoms with van der Waals surface area (Å²) in [6, 6.07) is 10.7. The van der Waals surface area contributed by atoms with Crippen LogP contribution in [0, 0.1) is 32.1 Å². The minimum absolute atomic E-state index is 0.0416. The molecule has 0 bridgehead atoms. The quantitative estimate of drug-likeness (QED) is 0.862. The number of hydrogen-bond donors (Lipinski definition) is 1. The molecule has 1 aromatic heterocycles. The summed E-state index contributed by atoms with van der Waals surface area (Å²) in [4.78, 5) is 18.1. The maximum Gasteiger partial charge on any atom is 0.239 e. The van der Waals surface area contributed by atoms with Crippen molar-refractivity contribution in [2.45, 2.75) is 27.3 Å². The van der Waals surface area contributed by atoms with Crippen molar-refractivity contribution >= 4 is 22.2 Å². The molecule has 142 valence electrons. The number of carbonyl (C=O) groups is 1. The number of anilines is 1. The summed E-state index contributed by atoms with van der Waals surface area (Å²) < 4.78 is 0. The second kappa shape index (κ2) is 8.66. The van der Waals surface area contributed by atoms with Crippen molar-refractivity contribution in [3.63, 3.8) is 0 Å². The molecule has 0 atom stereocenters. The van der Waals surface area contributed by atoms with Gasteiger partial charge in [0.15, 0.2) is 0 Å². The number of nitrogens with one attached hydrogen (secondary N) is 1. The molecule has 1 aliphatic heterocycles. The van der Waals surface area contributed by atoms with E-state index in [0.717, 1.165) is 43.2 Å². The highest BCUT2D eigenvalue weighted by atomic mass is 32.1. The van der Waals surface area contributed by atoms with Gasteiger partial charge in [-0.3, -0.25) is 14.6 Å². The second-order valence-corrected chi connectivity index (χ2v) is 8.35. The number of benzene rings is 1. The average molecular weight is 383 g/mol.